The molecule has 3 aromatic rings. The molecule has 8 heteroatoms. The summed E-state index contributed by atoms with van der Waals surface area (Å²) in [5, 5.41) is 20.3. The van der Waals surface area contributed by atoms with Gasteiger partial charge in [-0.3, -0.25) is 5.41 Å². The summed E-state index contributed by atoms with van der Waals surface area (Å²) in [7, 11) is 1.63. The fourth-order valence-electron chi connectivity index (χ4n) is 2.36. The molecule has 6 nitrogen and oxygen atoms in total. The lowest BCUT2D eigenvalue weighted by atomic mass is 10.0. The third-order valence-corrected chi connectivity index (χ3v) is 3.30. The Hall–Kier alpha value is -2.57. The predicted octanol–water partition coefficient (Wildman–Crippen LogP) is 3.45. The Morgan fingerprint density at radius 3 is 2.29 bits per heavy atom. The Kier molecular flexibility index (Phi) is 6.76. The summed E-state index contributed by atoms with van der Waals surface area (Å²) in [6.45, 7) is 0. The second-order valence-electron chi connectivity index (χ2n) is 4.68. The number of nitrogens with one attached hydrogen (secondary N) is 2. The van der Waals surface area contributed by atoms with Crippen LogP contribution in [0.4, 0.5) is 5.82 Å². The lowest BCUT2D eigenvalue weighted by Crippen LogP contribution is -2.21. The van der Waals surface area contributed by atoms with Gasteiger partial charge in [-0.1, -0.05) is 36.4 Å². The third-order valence-electron chi connectivity index (χ3n) is 3.30. The number of fused-ring (bicyclic) bond motifs is 1. The summed E-state index contributed by atoms with van der Waals surface area (Å²) >= 11 is 0. The van der Waals surface area contributed by atoms with Crippen LogP contribution in [0.1, 0.15) is 0 Å². The van der Waals surface area contributed by atoms with Crippen molar-refractivity contribution in [1.29, 1.82) is 5.41 Å². The van der Waals surface area contributed by atoms with E-state index in [9.17, 15) is 0 Å². The third kappa shape index (κ3) is 3.67. The average Bonchev–Trinajstić information content (AvgIpc) is 2.55. The molecule has 0 fully saturated rings. The van der Waals surface area contributed by atoms with Crippen LogP contribution in [0.2, 0.25) is 0 Å². The Labute approximate surface area is 151 Å². The van der Waals surface area contributed by atoms with Gasteiger partial charge in [0.15, 0.2) is 11.8 Å². The first-order chi connectivity index (χ1) is 10.7. The predicted molar refractivity (Wildman–Crippen MR) is 102 cm³/mol. The highest BCUT2D eigenvalue weighted by Crippen LogP contribution is 2.34. The van der Waals surface area contributed by atoms with Crippen LogP contribution < -0.4 is 15.8 Å². The van der Waals surface area contributed by atoms with E-state index in [0.717, 1.165) is 27.8 Å². The minimum absolute atomic E-state index is 0. The molecule has 1 heterocycles. The smallest absolute Gasteiger partial charge is 0.191 e. The Morgan fingerprint density at radius 2 is 1.62 bits per heavy atom. The number of halogens is 2. The molecular weight excluding hydrogens is 349 g/mol. The van der Waals surface area contributed by atoms with Crippen LogP contribution in [-0.2, 0) is 0 Å². The van der Waals surface area contributed by atoms with E-state index in [4.69, 9.17) is 15.9 Å². The molecule has 0 saturated heterocycles. The molecule has 24 heavy (non-hydrogen) atoms. The molecule has 0 atom stereocenters. The van der Waals surface area contributed by atoms with E-state index in [0.29, 0.717) is 5.82 Å². The first-order valence-corrected chi connectivity index (χ1v) is 6.70. The fourth-order valence-corrected chi connectivity index (χ4v) is 2.36. The van der Waals surface area contributed by atoms with Crippen LogP contribution in [0.25, 0.3) is 22.0 Å². The molecular formula is C16H17Cl2N5O. The van der Waals surface area contributed by atoms with Crippen molar-refractivity contribution in [3.63, 3.8) is 0 Å². The molecule has 1 aromatic heterocycles. The zero-order valence-corrected chi connectivity index (χ0v) is 14.4. The van der Waals surface area contributed by atoms with Gasteiger partial charge in [0, 0.05) is 16.3 Å². The van der Waals surface area contributed by atoms with E-state index < -0.39 is 0 Å². The number of ether oxygens (including phenoxy) is 1. The van der Waals surface area contributed by atoms with Crippen LogP contribution in [0.5, 0.6) is 5.75 Å². The molecule has 0 aliphatic rings. The first-order valence-electron chi connectivity index (χ1n) is 6.70. The van der Waals surface area contributed by atoms with Gasteiger partial charge in [-0.15, -0.1) is 35.0 Å². The van der Waals surface area contributed by atoms with Gasteiger partial charge >= 0.3 is 0 Å². The van der Waals surface area contributed by atoms with Gasteiger partial charge in [0.1, 0.15) is 11.4 Å². The minimum Gasteiger partial charge on any atom is -0.496 e. The maximum absolute atomic E-state index is 7.37. The van der Waals surface area contributed by atoms with Crippen molar-refractivity contribution in [3.05, 3.63) is 48.5 Å². The van der Waals surface area contributed by atoms with Crippen LogP contribution in [-0.4, -0.2) is 23.3 Å². The summed E-state index contributed by atoms with van der Waals surface area (Å²) in [5.74, 6) is 1.01. The maximum atomic E-state index is 7.37. The number of hydrogen-bond acceptors (Lipinski definition) is 4. The van der Waals surface area contributed by atoms with Crippen LogP contribution >= 0.6 is 24.8 Å². The molecule has 0 saturated carbocycles. The Morgan fingerprint density at radius 1 is 1.00 bits per heavy atom. The summed E-state index contributed by atoms with van der Waals surface area (Å²) < 4.78 is 5.41. The largest absolute Gasteiger partial charge is 0.496 e. The molecule has 0 spiro atoms. The number of benzene rings is 2. The lowest BCUT2D eigenvalue weighted by Gasteiger charge is -2.12. The van der Waals surface area contributed by atoms with Crippen molar-refractivity contribution >= 4 is 47.4 Å². The molecule has 0 aliphatic carbocycles. The van der Waals surface area contributed by atoms with E-state index >= 15 is 0 Å². The second-order valence-corrected chi connectivity index (χ2v) is 4.68. The number of nitrogens with zero attached hydrogens (tertiary/aromatic N) is 2. The molecule has 0 radical (unpaired) electrons. The summed E-state index contributed by atoms with van der Waals surface area (Å²) in [6, 6.07) is 15.4. The number of hydrogen-bond donors (Lipinski definition) is 3. The van der Waals surface area contributed by atoms with E-state index in [2.05, 4.69) is 15.5 Å². The van der Waals surface area contributed by atoms with Crippen LogP contribution in [0.3, 0.4) is 0 Å². The standard InChI is InChI=1S/C16H15N5O.2ClH/c1-22-13-9-5-4-8-12(13)14-10-6-2-3-7-11(10)15(21-20-14)19-16(17)18;;/h2-9H,1H3,(H4,17,18,19,21);2*1H. The van der Waals surface area contributed by atoms with Gasteiger partial charge in [0.25, 0.3) is 0 Å². The monoisotopic (exact) mass is 365 g/mol. The van der Waals surface area contributed by atoms with E-state index in [1.54, 1.807) is 7.11 Å². The second kappa shape index (κ2) is 8.33. The molecule has 4 N–H and O–H groups in total. The van der Waals surface area contributed by atoms with Crippen molar-refractivity contribution in [2.45, 2.75) is 0 Å². The fraction of sp³-hybridized carbons (Fsp3) is 0.0625. The van der Waals surface area contributed by atoms with Crippen LogP contribution in [0, 0.1) is 5.41 Å². The number of methoxy groups -OCH3 is 1. The van der Waals surface area contributed by atoms with Gasteiger partial charge in [-0.2, -0.15) is 0 Å². The highest BCUT2D eigenvalue weighted by molar-refractivity contribution is 6.04. The van der Waals surface area contributed by atoms with E-state index in [1.807, 2.05) is 48.5 Å². The van der Waals surface area contributed by atoms with Crippen molar-refractivity contribution in [2.24, 2.45) is 5.73 Å². The van der Waals surface area contributed by atoms with Crippen molar-refractivity contribution in [2.75, 3.05) is 12.4 Å². The molecule has 126 valence electrons. The first kappa shape index (κ1) is 19.5. The van der Waals surface area contributed by atoms with Crippen molar-refractivity contribution < 1.29 is 4.74 Å². The van der Waals surface area contributed by atoms with E-state index in [-0.39, 0.29) is 30.8 Å². The minimum atomic E-state index is -0.176. The van der Waals surface area contributed by atoms with Gasteiger partial charge in [-0.05, 0) is 12.1 Å². The molecule has 0 bridgehead atoms. The quantitative estimate of drug-likeness (QED) is 0.487. The van der Waals surface area contributed by atoms with Crippen molar-refractivity contribution in [1.82, 2.24) is 10.2 Å². The summed E-state index contributed by atoms with van der Waals surface area (Å²) in [6.07, 6.45) is 0. The number of nitrogens with two attached hydrogens (primary N) is 1. The Bertz CT molecular complexity index is 857. The maximum Gasteiger partial charge on any atom is 0.191 e. The van der Waals surface area contributed by atoms with Gasteiger partial charge in [0.05, 0.1) is 7.11 Å². The number of guanidine groups is 1. The highest BCUT2D eigenvalue weighted by atomic mass is 35.5. The molecule has 0 amide bonds. The van der Waals surface area contributed by atoms with Gasteiger partial charge < -0.3 is 15.8 Å². The SMILES string of the molecule is COc1ccccc1-c1nnc(NC(=N)N)c2ccccc12.Cl.Cl. The zero-order valence-electron chi connectivity index (χ0n) is 12.8. The van der Waals surface area contributed by atoms with Crippen LogP contribution in [0.15, 0.2) is 48.5 Å². The number of rotatable bonds is 3. The lowest BCUT2D eigenvalue weighted by molar-refractivity contribution is 0.416. The molecule has 0 aliphatic heterocycles. The topological polar surface area (TPSA) is 96.9 Å². The van der Waals surface area contributed by atoms with E-state index in [1.165, 1.54) is 0 Å². The molecule has 2 aromatic carbocycles. The zero-order chi connectivity index (χ0) is 15.5. The number of anilines is 1. The van der Waals surface area contributed by atoms with Gasteiger partial charge in [-0.25, -0.2) is 0 Å². The highest BCUT2D eigenvalue weighted by Gasteiger charge is 2.14. The normalized spacial score (nSPS) is 9.54. The van der Waals surface area contributed by atoms with Crippen molar-refractivity contribution in [3.8, 4) is 17.0 Å². The number of para-hydroxylation sites is 1. The summed E-state index contributed by atoms with van der Waals surface area (Å²) in [4.78, 5) is 0. The Balaban J connectivity index is 0.00000144. The number of aromatic nitrogens is 2. The molecule has 0 unspecified atom stereocenters. The average molecular weight is 366 g/mol. The van der Waals surface area contributed by atoms with Gasteiger partial charge in [0.2, 0.25) is 0 Å². The summed E-state index contributed by atoms with van der Waals surface area (Å²) in [5.41, 5.74) is 6.98. The molecule has 3 rings (SSSR count).